The molecule has 0 spiro atoms. The largest absolute Gasteiger partial charge is 0.493 e. The number of ether oxygens (including phenoxy) is 2. The Balaban J connectivity index is 1.64. The van der Waals surface area contributed by atoms with Crippen LogP contribution in [0.4, 0.5) is 0 Å². The Kier molecular flexibility index (Phi) is 6.85. The van der Waals surface area contributed by atoms with E-state index in [2.05, 4.69) is 63.5 Å². The molecule has 140 valence electrons. The van der Waals surface area contributed by atoms with Gasteiger partial charge in [0.05, 0.1) is 7.11 Å². The molecule has 0 aliphatic rings. The molecule has 0 saturated carbocycles. The molecule has 5 heteroatoms. The summed E-state index contributed by atoms with van der Waals surface area (Å²) in [6, 6.07) is 16.3. The molecule has 0 fully saturated rings. The minimum Gasteiger partial charge on any atom is -0.493 e. The SMILES string of the molecule is COc1cc(CNCc2cccnc2)c(Br)cc1OCc1ccc(C)cc1. The predicted octanol–water partition coefficient (Wildman–Crippen LogP) is 5.03. The van der Waals surface area contributed by atoms with Crippen molar-refractivity contribution in [2.75, 3.05) is 7.11 Å². The van der Waals surface area contributed by atoms with Gasteiger partial charge in [-0.1, -0.05) is 51.8 Å². The Morgan fingerprint density at radius 1 is 1.00 bits per heavy atom. The van der Waals surface area contributed by atoms with Crippen molar-refractivity contribution in [2.24, 2.45) is 0 Å². The van der Waals surface area contributed by atoms with Gasteiger partial charge >= 0.3 is 0 Å². The van der Waals surface area contributed by atoms with E-state index in [1.165, 1.54) is 5.56 Å². The summed E-state index contributed by atoms with van der Waals surface area (Å²) < 4.78 is 12.5. The third-order valence-corrected chi connectivity index (χ3v) is 4.95. The first kappa shape index (κ1) is 19.4. The van der Waals surface area contributed by atoms with E-state index in [4.69, 9.17) is 9.47 Å². The molecule has 0 aliphatic heterocycles. The van der Waals surface area contributed by atoms with Gasteiger partial charge in [-0.05, 0) is 41.8 Å². The van der Waals surface area contributed by atoms with Crippen LogP contribution < -0.4 is 14.8 Å². The third kappa shape index (κ3) is 5.55. The van der Waals surface area contributed by atoms with E-state index in [0.717, 1.165) is 39.2 Å². The summed E-state index contributed by atoms with van der Waals surface area (Å²) in [5, 5.41) is 3.43. The van der Waals surface area contributed by atoms with Gasteiger partial charge in [0, 0.05) is 30.0 Å². The lowest BCUT2D eigenvalue weighted by molar-refractivity contribution is 0.284. The highest BCUT2D eigenvalue weighted by molar-refractivity contribution is 9.10. The van der Waals surface area contributed by atoms with Crippen molar-refractivity contribution in [3.63, 3.8) is 0 Å². The number of rotatable bonds is 8. The molecular weight excluding hydrogens is 404 g/mol. The smallest absolute Gasteiger partial charge is 0.162 e. The summed E-state index contributed by atoms with van der Waals surface area (Å²) in [4.78, 5) is 4.13. The van der Waals surface area contributed by atoms with Crippen molar-refractivity contribution < 1.29 is 9.47 Å². The van der Waals surface area contributed by atoms with Crippen molar-refractivity contribution in [1.82, 2.24) is 10.3 Å². The number of halogens is 1. The van der Waals surface area contributed by atoms with Gasteiger partial charge < -0.3 is 14.8 Å². The Morgan fingerprint density at radius 3 is 2.52 bits per heavy atom. The quantitative estimate of drug-likeness (QED) is 0.548. The van der Waals surface area contributed by atoms with E-state index < -0.39 is 0 Å². The molecule has 1 heterocycles. The van der Waals surface area contributed by atoms with Gasteiger partial charge in [0.25, 0.3) is 0 Å². The molecule has 3 aromatic rings. The molecule has 2 aromatic carbocycles. The van der Waals surface area contributed by atoms with E-state index in [9.17, 15) is 0 Å². The normalized spacial score (nSPS) is 10.6. The van der Waals surface area contributed by atoms with Crippen molar-refractivity contribution in [3.8, 4) is 11.5 Å². The van der Waals surface area contributed by atoms with Gasteiger partial charge in [-0.25, -0.2) is 0 Å². The molecule has 1 aromatic heterocycles. The predicted molar refractivity (Wildman–Crippen MR) is 111 cm³/mol. The fraction of sp³-hybridized carbons (Fsp3) is 0.227. The number of aryl methyl sites for hydroxylation is 1. The second kappa shape index (κ2) is 9.53. The first-order chi connectivity index (χ1) is 13.2. The maximum Gasteiger partial charge on any atom is 0.162 e. The standard InChI is InChI=1S/C22H23BrN2O2/c1-16-5-7-17(8-6-16)15-27-22-11-20(23)19(10-21(22)26-2)14-25-13-18-4-3-9-24-12-18/h3-12,25H,13-15H2,1-2H3. The lowest BCUT2D eigenvalue weighted by Crippen LogP contribution is -2.13. The van der Waals surface area contributed by atoms with Crippen LogP contribution in [0.2, 0.25) is 0 Å². The van der Waals surface area contributed by atoms with Crippen LogP contribution in [0.3, 0.4) is 0 Å². The van der Waals surface area contributed by atoms with Crippen molar-refractivity contribution in [1.29, 1.82) is 0 Å². The van der Waals surface area contributed by atoms with E-state index in [1.807, 2.05) is 24.4 Å². The second-order valence-electron chi connectivity index (χ2n) is 6.33. The maximum absolute atomic E-state index is 5.98. The molecule has 0 saturated heterocycles. The molecule has 0 aliphatic carbocycles. The fourth-order valence-electron chi connectivity index (χ4n) is 2.67. The summed E-state index contributed by atoms with van der Waals surface area (Å²) in [7, 11) is 1.66. The number of aromatic nitrogens is 1. The van der Waals surface area contributed by atoms with Crippen LogP contribution >= 0.6 is 15.9 Å². The topological polar surface area (TPSA) is 43.4 Å². The molecule has 3 rings (SSSR count). The minimum absolute atomic E-state index is 0.502. The molecule has 0 radical (unpaired) electrons. The second-order valence-corrected chi connectivity index (χ2v) is 7.19. The summed E-state index contributed by atoms with van der Waals surface area (Å²) in [5.41, 5.74) is 4.63. The number of methoxy groups -OCH3 is 1. The highest BCUT2D eigenvalue weighted by Gasteiger charge is 2.11. The van der Waals surface area contributed by atoms with E-state index in [-0.39, 0.29) is 0 Å². The highest BCUT2D eigenvalue weighted by atomic mass is 79.9. The van der Waals surface area contributed by atoms with Crippen LogP contribution in [-0.2, 0) is 19.7 Å². The summed E-state index contributed by atoms with van der Waals surface area (Å²) >= 11 is 3.64. The molecule has 0 bridgehead atoms. The Hall–Kier alpha value is -2.37. The monoisotopic (exact) mass is 426 g/mol. The highest BCUT2D eigenvalue weighted by Crippen LogP contribution is 2.34. The number of pyridine rings is 1. The van der Waals surface area contributed by atoms with Crippen molar-refractivity contribution in [3.05, 3.63) is 87.7 Å². The minimum atomic E-state index is 0.502. The first-order valence-corrected chi connectivity index (χ1v) is 9.59. The van der Waals surface area contributed by atoms with Crippen LogP contribution in [0.5, 0.6) is 11.5 Å². The Morgan fingerprint density at radius 2 is 1.81 bits per heavy atom. The number of hydrogen-bond donors (Lipinski definition) is 1. The van der Waals surface area contributed by atoms with Crippen LogP contribution in [0.1, 0.15) is 22.3 Å². The molecule has 1 N–H and O–H groups in total. The van der Waals surface area contributed by atoms with E-state index in [0.29, 0.717) is 13.2 Å². The molecule has 0 atom stereocenters. The maximum atomic E-state index is 5.98. The van der Waals surface area contributed by atoms with Gasteiger partial charge in [0.2, 0.25) is 0 Å². The van der Waals surface area contributed by atoms with Gasteiger partial charge in [0.1, 0.15) is 6.61 Å². The van der Waals surface area contributed by atoms with Crippen LogP contribution in [0, 0.1) is 6.92 Å². The third-order valence-electron chi connectivity index (χ3n) is 4.21. The van der Waals surface area contributed by atoms with Crippen LogP contribution in [0.25, 0.3) is 0 Å². The average molecular weight is 427 g/mol. The zero-order valence-corrected chi connectivity index (χ0v) is 17.1. The number of benzene rings is 2. The molecule has 0 unspecified atom stereocenters. The lowest BCUT2D eigenvalue weighted by Gasteiger charge is -2.15. The average Bonchev–Trinajstić information content (AvgIpc) is 2.69. The Bertz CT molecular complexity index is 867. The van der Waals surface area contributed by atoms with Crippen molar-refractivity contribution >= 4 is 15.9 Å². The van der Waals surface area contributed by atoms with Gasteiger partial charge in [-0.15, -0.1) is 0 Å². The molecule has 4 nitrogen and oxygen atoms in total. The van der Waals surface area contributed by atoms with Crippen LogP contribution in [-0.4, -0.2) is 12.1 Å². The zero-order valence-electron chi connectivity index (χ0n) is 15.5. The molecular formula is C22H23BrN2O2. The zero-order chi connectivity index (χ0) is 19.1. The summed E-state index contributed by atoms with van der Waals surface area (Å²) in [5.74, 6) is 1.45. The van der Waals surface area contributed by atoms with Crippen LogP contribution in [0.15, 0.2) is 65.4 Å². The van der Waals surface area contributed by atoms with E-state index in [1.54, 1.807) is 13.3 Å². The fourth-order valence-corrected chi connectivity index (χ4v) is 3.14. The van der Waals surface area contributed by atoms with Gasteiger partial charge in [-0.3, -0.25) is 4.98 Å². The molecule has 0 amide bonds. The molecule has 27 heavy (non-hydrogen) atoms. The summed E-state index contributed by atoms with van der Waals surface area (Å²) in [6.07, 6.45) is 3.64. The number of nitrogens with zero attached hydrogens (tertiary/aromatic N) is 1. The first-order valence-electron chi connectivity index (χ1n) is 8.80. The van der Waals surface area contributed by atoms with Gasteiger partial charge in [0.15, 0.2) is 11.5 Å². The van der Waals surface area contributed by atoms with Gasteiger partial charge in [-0.2, -0.15) is 0 Å². The Labute approximate surface area is 168 Å². The van der Waals surface area contributed by atoms with E-state index >= 15 is 0 Å². The van der Waals surface area contributed by atoms with Crippen molar-refractivity contribution in [2.45, 2.75) is 26.6 Å². The summed E-state index contributed by atoms with van der Waals surface area (Å²) in [6.45, 7) is 4.05. The number of nitrogens with one attached hydrogen (secondary N) is 1. The number of hydrogen-bond acceptors (Lipinski definition) is 4. The lowest BCUT2D eigenvalue weighted by atomic mass is 10.1.